The minimum absolute atomic E-state index is 0. The zero-order valence-corrected chi connectivity index (χ0v) is 19.6. The Kier molecular flexibility index (Phi) is 12.5. The molecule has 1 fully saturated rings. The van der Waals surface area contributed by atoms with Gasteiger partial charge in [0.05, 0.1) is 25.9 Å². The van der Waals surface area contributed by atoms with Gasteiger partial charge >= 0.3 is 0 Å². The van der Waals surface area contributed by atoms with Crippen molar-refractivity contribution in [2.45, 2.75) is 46.3 Å². The first-order valence-corrected chi connectivity index (χ1v) is 10.1. The van der Waals surface area contributed by atoms with Crippen molar-refractivity contribution in [1.82, 2.24) is 10.6 Å². The van der Waals surface area contributed by atoms with E-state index in [4.69, 9.17) is 9.47 Å². The lowest BCUT2D eigenvalue weighted by atomic mass is 10.2. The van der Waals surface area contributed by atoms with Gasteiger partial charge in [-0.25, -0.2) is 4.99 Å². The van der Waals surface area contributed by atoms with Gasteiger partial charge in [0.1, 0.15) is 5.75 Å². The molecule has 1 atom stereocenters. The number of hydrogen-bond acceptors (Lipinski definition) is 4. The maximum atomic E-state index is 10.0. The molecule has 0 amide bonds. The van der Waals surface area contributed by atoms with Crippen LogP contribution < -0.4 is 15.4 Å². The summed E-state index contributed by atoms with van der Waals surface area (Å²) in [5.74, 6) is 2.77. The van der Waals surface area contributed by atoms with Gasteiger partial charge in [-0.3, -0.25) is 0 Å². The van der Waals surface area contributed by atoms with Crippen LogP contribution in [0.4, 0.5) is 0 Å². The van der Waals surface area contributed by atoms with E-state index in [1.807, 2.05) is 31.2 Å². The normalized spacial score (nSPS) is 15.1. The van der Waals surface area contributed by atoms with Crippen molar-refractivity contribution in [1.29, 1.82) is 0 Å². The number of aliphatic hydroxyl groups excluding tert-OH is 1. The van der Waals surface area contributed by atoms with Crippen molar-refractivity contribution in [3.05, 3.63) is 29.8 Å². The van der Waals surface area contributed by atoms with Gasteiger partial charge in [0, 0.05) is 25.3 Å². The van der Waals surface area contributed by atoms with Gasteiger partial charge in [0.15, 0.2) is 5.96 Å². The number of guanidine groups is 1. The van der Waals surface area contributed by atoms with Crippen LogP contribution in [0.15, 0.2) is 29.3 Å². The number of halogens is 1. The summed E-state index contributed by atoms with van der Waals surface area (Å²) in [5.41, 5.74) is 1.07. The van der Waals surface area contributed by atoms with E-state index >= 15 is 0 Å². The number of rotatable bonds is 12. The van der Waals surface area contributed by atoms with E-state index in [-0.39, 0.29) is 24.0 Å². The summed E-state index contributed by atoms with van der Waals surface area (Å²) in [5, 5.41) is 16.4. The molecular weight excluding hydrogens is 469 g/mol. The maximum Gasteiger partial charge on any atom is 0.191 e. The summed E-state index contributed by atoms with van der Waals surface area (Å²) in [4.78, 5) is 4.63. The Morgan fingerprint density at radius 2 is 1.96 bits per heavy atom. The Hall–Kier alpha value is -1.06. The predicted octanol–water partition coefficient (Wildman–Crippen LogP) is 3.18. The Labute approximate surface area is 186 Å². The molecule has 1 saturated carbocycles. The van der Waals surface area contributed by atoms with Crippen LogP contribution in [0.5, 0.6) is 5.75 Å². The zero-order chi connectivity index (χ0) is 19.5. The number of nitrogens with one attached hydrogen (secondary N) is 2. The molecule has 2 rings (SSSR count). The third-order valence-corrected chi connectivity index (χ3v) is 4.16. The lowest BCUT2D eigenvalue weighted by molar-refractivity contribution is 0.0280. The number of nitrogens with zero attached hydrogens (tertiary/aromatic N) is 1. The van der Waals surface area contributed by atoms with E-state index in [1.54, 1.807) is 0 Å². The fraction of sp³-hybridized carbons (Fsp3) is 0.667. The molecule has 0 radical (unpaired) electrons. The van der Waals surface area contributed by atoms with E-state index in [1.165, 1.54) is 12.8 Å². The van der Waals surface area contributed by atoms with E-state index in [2.05, 4.69) is 29.5 Å². The lowest BCUT2D eigenvalue weighted by Gasteiger charge is -2.16. The minimum Gasteiger partial charge on any atom is -0.493 e. The Morgan fingerprint density at radius 1 is 1.21 bits per heavy atom. The van der Waals surface area contributed by atoms with Crippen LogP contribution in [0.1, 0.15) is 39.2 Å². The second-order valence-electron chi connectivity index (χ2n) is 7.52. The molecule has 0 saturated heterocycles. The highest BCUT2D eigenvalue weighted by Crippen LogP contribution is 2.30. The van der Waals surface area contributed by atoms with E-state index in [0.29, 0.717) is 38.2 Å². The van der Waals surface area contributed by atoms with E-state index in [9.17, 15) is 5.11 Å². The molecule has 28 heavy (non-hydrogen) atoms. The zero-order valence-electron chi connectivity index (χ0n) is 17.3. The molecule has 0 heterocycles. The van der Waals surface area contributed by atoms with E-state index < -0.39 is 6.10 Å². The summed E-state index contributed by atoms with van der Waals surface area (Å²) >= 11 is 0. The molecule has 6 nitrogen and oxygen atoms in total. The highest BCUT2D eigenvalue weighted by molar-refractivity contribution is 14.0. The number of ether oxygens (including phenoxy) is 2. The SMILES string of the molecule is CCNC(=NCc1ccccc1OCC1CC1)NCC(O)COCC(C)C.I. The molecule has 0 spiro atoms. The average Bonchev–Trinajstić information content (AvgIpc) is 3.47. The molecule has 3 N–H and O–H groups in total. The smallest absolute Gasteiger partial charge is 0.191 e. The molecule has 160 valence electrons. The highest BCUT2D eigenvalue weighted by atomic mass is 127. The Bertz CT molecular complexity index is 580. The van der Waals surface area contributed by atoms with Crippen molar-refractivity contribution >= 4 is 29.9 Å². The topological polar surface area (TPSA) is 75.1 Å². The molecule has 1 unspecified atom stereocenters. The average molecular weight is 505 g/mol. The van der Waals surface area contributed by atoms with E-state index in [0.717, 1.165) is 30.4 Å². The lowest BCUT2D eigenvalue weighted by Crippen LogP contribution is -2.42. The van der Waals surface area contributed by atoms with Crippen LogP contribution >= 0.6 is 24.0 Å². The quantitative estimate of drug-likeness (QED) is 0.231. The molecule has 0 bridgehead atoms. The number of aliphatic hydroxyl groups is 1. The van der Waals surface area contributed by atoms with Crippen LogP contribution in [0.3, 0.4) is 0 Å². The molecule has 0 aliphatic heterocycles. The van der Waals surface area contributed by atoms with Gasteiger partial charge in [-0.2, -0.15) is 0 Å². The molecule has 1 aliphatic rings. The molecule has 1 aromatic rings. The van der Waals surface area contributed by atoms with Crippen LogP contribution in [-0.4, -0.2) is 50.1 Å². The van der Waals surface area contributed by atoms with Crippen molar-refractivity contribution in [2.24, 2.45) is 16.8 Å². The third kappa shape index (κ3) is 10.5. The maximum absolute atomic E-state index is 10.0. The van der Waals surface area contributed by atoms with Crippen LogP contribution in [-0.2, 0) is 11.3 Å². The predicted molar refractivity (Wildman–Crippen MR) is 125 cm³/mol. The monoisotopic (exact) mass is 505 g/mol. The number of aliphatic imine (C=N–C) groups is 1. The standard InChI is InChI=1S/C21H35N3O3.HI/c1-4-22-21(24-12-19(25)15-26-13-16(2)3)23-11-18-7-5-6-8-20(18)27-14-17-9-10-17;/h5-8,16-17,19,25H,4,9-15H2,1-3H3,(H2,22,23,24);1H. The first-order valence-electron chi connectivity index (χ1n) is 10.1. The Balaban J connectivity index is 0.00000392. The summed E-state index contributed by atoms with van der Waals surface area (Å²) in [6, 6.07) is 8.05. The van der Waals surface area contributed by atoms with Crippen LogP contribution in [0, 0.1) is 11.8 Å². The number of benzene rings is 1. The second-order valence-corrected chi connectivity index (χ2v) is 7.52. The first-order chi connectivity index (χ1) is 13.1. The fourth-order valence-electron chi connectivity index (χ4n) is 2.49. The number of hydrogen-bond donors (Lipinski definition) is 3. The van der Waals surface area contributed by atoms with Crippen LogP contribution in [0.2, 0.25) is 0 Å². The van der Waals surface area contributed by atoms with Gasteiger partial charge in [-0.05, 0) is 37.7 Å². The van der Waals surface area contributed by atoms with Gasteiger partial charge in [-0.15, -0.1) is 24.0 Å². The summed E-state index contributed by atoms with van der Waals surface area (Å²) < 4.78 is 11.4. The second kappa shape index (κ2) is 14.0. The van der Waals surface area contributed by atoms with Gasteiger partial charge in [-0.1, -0.05) is 32.0 Å². The molecule has 1 aliphatic carbocycles. The summed E-state index contributed by atoms with van der Waals surface area (Å²) in [7, 11) is 0. The largest absolute Gasteiger partial charge is 0.493 e. The Morgan fingerprint density at radius 3 is 2.64 bits per heavy atom. The van der Waals surface area contributed by atoms with Crippen molar-refractivity contribution < 1.29 is 14.6 Å². The summed E-state index contributed by atoms with van der Waals surface area (Å²) in [6.07, 6.45) is 1.98. The highest BCUT2D eigenvalue weighted by Gasteiger charge is 2.22. The third-order valence-electron chi connectivity index (χ3n) is 4.16. The number of para-hydroxylation sites is 1. The van der Waals surface area contributed by atoms with Gasteiger partial charge in [0.2, 0.25) is 0 Å². The van der Waals surface area contributed by atoms with Crippen LogP contribution in [0.25, 0.3) is 0 Å². The minimum atomic E-state index is -0.568. The van der Waals surface area contributed by atoms with Crippen molar-refractivity contribution in [2.75, 3.05) is 32.9 Å². The fourth-order valence-corrected chi connectivity index (χ4v) is 2.49. The van der Waals surface area contributed by atoms with Crippen molar-refractivity contribution in [3.63, 3.8) is 0 Å². The first kappa shape index (κ1) is 25.0. The molecular formula is C21H36IN3O3. The molecule has 1 aromatic carbocycles. The molecule has 0 aromatic heterocycles. The summed E-state index contributed by atoms with van der Waals surface area (Å²) in [6.45, 7) is 9.64. The van der Waals surface area contributed by atoms with Gasteiger partial charge in [0.25, 0.3) is 0 Å². The van der Waals surface area contributed by atoms with Gasteiger partial charge < -0.3 is 25.2 Å². The van der Waals surface area contributed by atoms with Crippen molar-refractivity contribution in [3.8, 4) is 5.75 Å². The molecule has 7 heteroatoms.